The van der Waals surface area contributed by atoms with Crippen molar-refractivity contribution in [3.63, 3.8) is 0 Å². The van der Waals surface area contributed by atoms with Gasteiger partial charge in [0.15, 0.2) is 0 Å². The van der Waals surface area contributed by atoms with Gasteiger partial charge in [0.1, 0.15) is 5.82 Å². The lowest BCUT2D eigenvalue weighted by Gasteiger charge is -2.27. The van der Waals surface area contributed by atoms with Gasteiger partial charge in [-0.3, -0.25) is 4.98 Å². The molecule has 1 saturated carbocycles. The number of nitrogens with zero attached hydrogens (tertiary/aromatic N) is 4. The summed E-state index contributed by atoms with van der Waals surface area (Å²) in [5.74, 6) is 2.00. The van der Waals surface area contributed by atoms with Crippen molar-refractivity contribution in [2.24, 2.45) is 5.92 Å². The zero-order valence-corrected chi connectivity index (χ0v) is 14.7. The number of pyridine rings is 1. The molecule has 0 N–H and O–H groups in total. The smallest absolute Gasteiger partial charge is 0.141 e. The van der Waals surface area contributed by atoms with Gasteiger partial charge in [-0.05, 0) is 44.2 Å². The van der Waals surface area contributed by atoms with Crippen molar-refractivity contribution in [1.29, 1.82) is 0 Å². The van der Waals surface area contributed by atoms with Crippen LogP contribution in [-0.4, -0.2) is 39.1 Å². The summed E-state index contributed by atoms with van der Waals surface area (Å²) in [4.78, 5) is 11.6. The van der Waals surface area contributed by atoms with E-state index in [1.54, 1.807) is 0 Å². The van der Waals surface area contributed by atoms with Crippen LogP contribution in [0, 0.1) is 12.8 Å². The maximum Gasteiger partial charge on any atom is 0.141 e. The number of likely N-dealkylation sites (tertiary alicyclic amines) is 1. The Morgan fingerprint density at radius 2 is 2.00 bits per heavy atom. The first-order valence-corrected chi connectivity index (χ1v) is 9.48. The van der Waals surface area contributed by atoms with Crippen LogP contribution in [0.25, 0.3) is 11.4 Å². The van der Waals surface area contributed by atoms with Crippen LogP contribution >= 0.6 is 0 Å². The fourth-order valence-corrected chi connectivity index (χ4v) is 4.54. The van der Waals surface area contributed by atoms with Crippen molar-refractivity contribution in [3.8, 4) is 11.4 Å². The molecule has 1 aliphatic carbocycles. The second-order valence-corrected chi connectivity index (χ2v) is 7.54. The van der Waals surface area contributed by atoms with E-state index in [4.69, 9.17) is 0 Å². The number of imidazole rings is 1. The second-order valence-electron chi connectivity index (χ2n) is 7.54. The van der Waals surface area contributed by atoms with Crippen LogP contribution in [0.2, 0.25) is 0 Å². The van der Waals surface area contributed by atoms with E-state index in [-0.39, 0.29) is 0 Å². The van der Waals surface area contributed by atoms with E-state index in [9.17, 15) is 0 Å². The van der Waals surface area contributed by atoms with Crippen LogP contribution in [0.5, 0.6) is 0 Å². The summed E-state index contributed by atoms with van der Waals surface area (Å²) >= 11 is 0. The Morgan fingerprint density at radius 3 is 2.79 bits per heavy atom. The Kier molecular flexibility index (Phi) is 4.65. The van der Waals surface area contributed by atoms with Crippen LogP contribution in [0.1, 0.15) is 50.3 Å². The number of rotatable bonds is 4. The number of hydrogen-bond acceptors (Lipinski definition) is 3. The molecule has 0 spiro atoms. The molecule has 128 valence electrons. The molecule has 0 bridgehead atoms. The standard InChI is InChI=1S/C20H28N4/c1-16-12-22-20(18-8-5-10-21-13-18)24(16)19-9-11-23(15-19)14-17-6-3-2-4-7-17/h5,8,10,12-13,17,19H,2-4,6-7,9,11,14-15H2,1H3. The van der Waals surface area contributed by atoms with Gasteiger partial charge >= 0.3 is 0 Å². The van der Waals surface area contributed by atoms with Crippen LogP contribution in [0.15, 0.2) is 30.7 Å². The highest BCUT2D eigenvalue weighted by molar-refractivity contribution is 5.54. The molecular formula is C20H28N4. The van der Waals surface area contributed by atoms with Crippen molar-refractivity contribution in [1.82, 2.24) is 19.4 Å². The van der Waals surface area contributed by atoms with Crippen molar-refractivity contribution in [2.45, 2.75) is 51.5 Å². The van der Waals surface area contributed by atoms with E-state index >= 15 is 0 Å². The van der Waals surface area contributed by atoms with Crippen LogP contribution in [-0.2, 0) is 0 Å². The normalized spacial score (nSPS) is 23.0. The minimum atomic E-state index is 0.547. The van der Waals surface area contributed by atoms with E-state index in [0.717, 1.165) is 17.3 Å². The molecule has 0 radical (unpaired) electrons. The SMILES string of the molecule is Cc1cnc(-c2cccnc2)n1C1CCN(CC2CCCCC2)C1. The molecule has 1 saturated heterocycles. The maximum absolute atomic E-state index is 4.68. The molecule has 24 heavy (non-hydrogen) atoms. The highest BCUT2D eigenvalue weighted by Gasteiger charge is 2.28. The number of aromatic nitrogens is 3. The minimum absolute atomic E-state index is 0.547. The molecule has 4 rings (SSSR count). The summed E-state index contributed by atoms with van der Waals surface area (Å²) in [6, 6.07) is 4.65. The van der Waals surface area contributed by atoms with Gasteiger partial charge in [0.25, 0.3) is 0 Å². The first kappa shape index (κ1) is 15.8. The van der Waals surface area contributed by atoms with Crippen molar-refractivity contribution >= 4 is 0 Å². The molecule has 1 aliphatic heterocycles. The van der Waals surface area contributed by atoms with Gasteiger partial charge < -0.3 is 9.47 Å². The molecule has 1 atom stereocenters. The zero-order chi connectivity index (χ0) is 16.4. The summed E-state index contributed by atoms with van der Waals surface area (Å²) in [6.45, 7) is 5.87. The molecule has 2 aromatic rings. The van der Waals surface area contributed by atoms with Gasteiger partial charge in [0, 0.05) is 55.5 Å². The third-order valence-corrected chi connectivity index (χ3v) is 5.76. The molecule has 4 nitrogen and oxygen atoms in total. The largest absolute Gasteiger partial charge is 0.324 e. The monoisotopic (exact) mass is 324 g/mol. The van der Waals surface area contributed by atoms with Gasteiger partial charge in [0.2, 0.25) is 0 Å². The maximum atomic E-state index is 4.68. The Bertz CT molecular complexity index is 658. The lowest BCUT2D eigenvalue weighted by atomic mass is 9.89. The number of aryl methyl sites for hydroxylation is 1. The Morgan fingerprint density at radius 1 is 1.12 bits per heavy atom. The van der Waals surface area contributed by atoms with Crippen molar-refractivity contribution < 1.29 is 0 Å². The molecule has 3 heterocycles. The van der Waals surface area contributed by atoms with E-state index in [2.05, 4.69) is 32.4 Å². The van der Waals surface area contributed by atoms with Crippen LogP contribution in [0.4, 0.5) is 0 Å². The van der Waals surface area contributed by atoms with Gasteiger partial charge in [-0.25, -0.2) is 4.98 Å². The van der Waals surface area contributed by atoms with Crippen molar-refractivity contribution in [2.75, 3.05) is 19.6 Å². The fraction of sp³-hybridized carbons (Fsp3) is 0.600. The van der Waals surface area contributed by atoms with E-state index in [1.807, 2.05) is 24.7 Å². The van der Waals surface area contributed by atoms with Crippen LogP contribution < -0.4 is 0 Å². The average Bonchev–Trinajstić information content (AvgIpc) is 3.23. The third-order valence-electron chi connectivity index (χ3n) is 5.76. The number of hydrogen-bond donors (Lipinski definition) is 0. The molecule has 2 aromatic heterocycles. The molecule has 2 aliphatic rings. The summed E-state index contributed by atoms with van der Waals surface area (Å²) in [7, 11) is 0. The molecule has 0 aromatic carbocycles. The Labute approximate surface area is 144 Å². The van der Waals surface area contributed by atoms with Gasteiger partial charge in [-0.1, -0.05) is 19.3 Å². The summed E-state index contributed by atoms with van der Waals surface area (Å²) < 4.78 is 2.44. The fourth-order valence-electron chi connectivity index (χ4n) is 4.54. The Balaban J connectivity index is 1.48. The highest BCUT2D eigenvalue weighted by atomic mass is 15.2. The molecule has 2 fully saturated rings. The molecule has 1 unspecified atom stereocenters. The summed E-state index contributed by atoms with van der Waals surface area (Å²) in [5.41, 5.74) is 2.38. The van der Waals surface area contributed by atoms with E-state index in [0.29, 0.717) is 6.04 Å². The van der Waals surface area contributed by atoms with E-state index in [1.165, 1.54) is 63.9 Å². The first-order chi connectivity index (χ1) is 11.8. The predicted molar refractivity (Wildman–Crippen MR) is 96.9 cm³/mol. The van der Waals surface area contributed by atoms with Gasteiger partial charge in [0.05, 0.1) is 0 Å². The van der Waals surface area contributed by atoms with E-state index < -0.39 is 0 Å². The summed E-state index contributed by atoms with van der Waals surface area (Å²) in [6.07, 6.45) is 14.2. The van der Waals surface area contributed by atoms with Crippen molar-refractivity contribution in [3.05, 3.63) is 36.4 Å². The zero-order valence-electron chi connectivity index (χ0n) is 14.7. The molecule has 0 amide bonds. The Hall–Kier alpha value is -1.68. The molecular weight excluding hydrogens is 296 g/mol. The van der Waals surface area contributed by atoms with Crippen LogP contribution in [0.3, 0.4) is 0 Å². The predicted octanol–water partition coefficient (Wildman–Crippen LogP) is 4.08. The quantitative estimate of drug-likeness (QED) is 0.850. The lowest BCUT2D eigenvalue weighted by molar-refractivity contribution is 0.228. The second kappa shape index (κ2) is 7.06. The molecule has 4 heteroatoms. The van der Waals surface area contributed by atoms with Gasteiger partial charge in [-0.2, -0.15) is 0 Å². The third kappa shape index (κ3) is 3.25. The minimum Gasteiger partial charge on any atom is -0.324 e. The average molecular weight is 324 g/mol. The first-order valence-electron chi connectivity index (χ1n) is 9.48. The highest BCUT2D eigenvalue weighted by Crippen LogP contribution is 2.31. The summed E-state index contributed by atoms with van der Waals surface area (Å²) in [5, 5.41) is 0. The lowest BCUT2D eigenvalue weighted by Crippen LogP contribution is -2.29. The van der Waals surface area contributed by atoms with Gasteiger partial charge in [-0.15, -0.1) is 0 Å². The topological polar surface area (TPSA) is 34.0 Å².